The molecule has 2 rings (SSSR count). The number of H-pyrrole nitrogens is 1. The lowest BCUT2D eigenvalue weighted by Gasteiger charge is -1.92. The van der Waals surface area contributed by atoms with Crippen LogP contribution in [0.15, 0.2) is 24.3 Å². The number of hydrogen-bond acceptors (Lipinski definition) is 4. The Bertz CT molecular complexity index is 636. The van der Waals surface area contributed by atoms with Gasteiger partial charge in [0.1, 0.15) is 0 Å². The number of hydrogen-bond donors (Lipinski definition) is 1. The molecule has 0 saturated heterocycles. The lowest BCUT2D eigenvalue weighted by Crippen LogP contribution is -1.88. The van der Waals surface area contributed by atoms with Crippen LogP contribution >= 0.6 is 0 Å². The molecule has 84 valence electrons. The van der Waals surface area contributed by atoms with Crippen molar-refractivity contribution < 1.29 is 4.92 Å². The summed E-state index contributed by atoms with van der Waals surface area (Å²) in [6, 6.07) is 6.74. The topological polar surface area (TPSA) is 95.6 Å². The van der Waals surface area contributed by atoms with Crippen LogP contribution < -0.4 is 0 Å². The smallest absolute Gasteiger partial charge is 0.277 e. The number of aromatic amines is 1. The Hall–Kier alpha value is -2.68. The summed E-state index contributed by atoms with van der Waals surface area (Å²) in [5.41, 5.74) is 0.965. The average molecular weight is 228 g/mol. The fraction of sp³-hybridized carbons (Fsp3) is 0.0909. The van der Waals surface area contributed by atoms with Crippen LogP contribution in [0.1, 0.15) is 12.1 Å². The van der Waals surface area contributed by atoms with Gasteiger partial charge in [0.25, 0.3) is 5.69 Å². The third-order valence-corrected chi connectivity index (χ3v) is 2.28. The third-order valence-electron chi connectivity index (χ3n) is 2.28. The minimum Gasteiger partial charge on any atom is -0.277 e. The summed E-state index contributed by atoms with van der Waals surface area (Å²) in [7, 11) is 0. The van der Waals surface area contributed by atoms with Crippen LogP contribution in [0.4, 0.5) is 5.69 Å². The number of fused-ring (bicyclic) bond motifs is 1. The van der Waals surface area contributed by atoms with E-state index in [-0.39, 0.29) is 12.1 Å². The van der Waals surface area contributed by atoms with E-state index in [1.165, 1.54) is 6.07 Å². The maximum atomic E-state index is 10.8. The van der Waals surface area contributed by atoms with E-state index in [2.05, 4.69) is 10.2 Å². The van der Waals surface area contributed by atoms with Gasteiger partial charge in [-0.05, 0) is 6.08 Å². The standard InChI is InChI=1S/C11H8N4O2/c12-7-2-1-5-9-8-4-3-6-10(15(16)17)11(8)14-13-9/h1,3-6H,2H2,(H,13,14). The fourth-order valence-electron chi connectivity index (χ4n) is 1.55. The number of allylic oxidation sites excluding steroid dienone is 1. The van der Waals surface area contributed by atoms with Gasteiger partial charge in [-0.3, -0.25) is 15.2 Å². The summed E-state index contributed by atoms with van der Waals surface area (Å²) in [4.78, 5) is 10.3. The molecule has 0 fully saturated rings. The summed E-state index contributed by atoms with van der Waals surface area (Å²) >= 11 is 0. The molecule has 17 heavy (non-hydrogen) atoms. The number of nitrogens with one attached hydrogen (secondary N) is 1. The van der Waals surface area contributed by atoms with Crippen molar-refractivity contribution in [3.05, 3.63) is 40.1 Å². The van der Waals surface area contributed by atoms with Crippen molar-refractivity contribution in [2.45, 2.75) is 6.42 Å². The second kappa shape index (κ2) is 4.45. The number of non-ortho nitro benzene ring substituents is 1. The van der Waals surface area contributed by atoms with E-state index in [4.69, 9.17) is 5.26 Å². The molecule has 0 saturated carbocycles. The summed E-state index contributed by atoms with van der Waals surface area (Å²) in [6.45, 7) is 0. The second-order valence-electron chi connectivity index (χ2n) is 3.33. The zero-order valence-corrected chi connectivity index (χ0v) is 8.75. The highest BCUT2D eigenvalue weighted by Crippen LogP contribution is 2.25. The molecule has 0 radical (unpaired) electrons. The molecule has 1 N–H and O–H groups in total. The first kappa shape index (κ1) is 10.8. The Morgan fingerprint density at radius 1 is 1.59 bits per heavy atom. The van der Waals surface area contributed by atoms with Crippen molar-refractivity contribution in [3.63, 3.8) is 0 Å². The number of para-hydroxylation sites is 1. The molecule has 0 aliphatic heterocycles. The first-order valence-electron chi connectivity index (χ1n) is 4.89. The molecule has 0 amide bonds. The summed E-state index contributed by atoms with van der Waals surface area (Å²) in [6.07, 6.45) is 3.66. The van der Waals surface area contributed by atoms with Gasteiger partial charge in [-0.15, -0.1) is 0 Å². The Morgan fingerprint density at radius 2 is 2.41 bits per heavy atom. The van der Waals surface area contributed by atoms with Gasteiger partial charge in [-0.2, -0.15) is 10.4 Å². The van der Waals surface area contributed by atoms with E-state index in [0.717, 1.165) is 0 Å². The van der Waals surface area contributed by atoms with Gasteiger partial charge in [0.2, 0.25) is 0 Å². The van der Waals surface area contributed by atoms with E-state index in [1.807, 2.05) is 6.07 Å². The molecule has 6 nitrogen and oxygen atoms in total. The molecule has 0 spiro atoms. The van der Waals surface area contributed by atoms with Gasteiger partial charge in [0.15, 0.2) is 5.52 Å². The van der Waals surface area contributed by atoms with Crippen LogP contribution in [0.3, 0.4) is 0 Å². The fourth-order valence-corrected chi connectivity index (χ4v) is 1.55. The number of benzene rings is 1. The first-order chi connectivity index (χ1) is 8.24. The SMILES string of the molecule is N#CCC=Cc1[nH]nc2c([N+](=O)[O-])cccc12. The maximum absolute atomic E-state index is 10.8. The van der Waals surface area contributed by atoms with E-state index in [1.54, 1.807) is 24.3 Å². The number of nitro groups is 1. The van der Waals surface area contributed by atoms with E-state index in [0.29, 0.717) is 16.6 Å². The van der Waals surface area contributed by atoms with E-state index in [9.17, 15) is 10.1 Å². The molecular weight excluding hydrogens is 220 g/mol. The molecule has 0 aliphatic carbocycles. The molecule has 2 aromatic rings. The van der Waals surface area contributed by atoms with Crippen molar-refractivity contribution >= 4 is 22.7 Å². The summed E-state index contributed by atoms with van der Waals surface area (Å²) in [5, 5.41) is 26.5. The van der Waals surface area contributed by atoms with E-state index >= 15 is 0 Å². The maximum Gasteiger partial charge on any atom is 0.297 e. The van der Waals surface area contributed by atoms with Crippen LogP contribution in [-0.2, 0) is 0 Å². The zero-order chi connectivity index (χ0) is 12.3. The number of aromatic nitrogens is 2. The number of nitro benzene ring substituents is 1. The number of nitriles is 1. The molecule has 0 atom stereocenters. The monoisotopic (exact) mass is 228 g/mol. The van der Waals surface area contributed by atoms with E-state index < -0.39 is 4.92 Å². The Balaban J connectivity index is 2.52. The van der Waals surface area contributed by atoms with Crippen molar-refractivity contribution in [2.75, 3.05) is 0 Å². The highest BCUT2D eigenvalue weighted by atomic mass is 16.6. The van der Waals surface area contributed by atoms with Crippen LogP contribution in [-0.4, -0.2) is 15.1 Å². The molecule has 1 aromatic carbocycles. The lowest BCUT2D eigenvalue weighted by molar-refractivity contribution is -0.383. The van der Waals surface area contributed by atoms with Crippen molar-refractivity contribution in [2.24, 2.45) is 0 Å². The van der Waals surface area contributed by atoms with Crippen molar-refractivity contribution in [1.29, 1.82) is 5.26 Å². The number of nitrogens with zero attached hydrogens (tertiary/aromatic N) is 3. The largest absolute Gasteiger partial charge is 0.297 e. The molecule has 1 aromatic heterocycles. The minimum absolute atomic E-state index is 0.0290. The summed E-state index contributed by atoms with van der Waals surface area (Å²) in [5.74, 6) is 0. The minimum atomic E-state index is -0.466. The van der Waals surface area contributed by atoms with Gasteiger partial charge >= 0.3 is 0 Å². The van der Waals surface area contributed by atoms with Crippen LogP contribution in [0.2, 0.25) is 0 Å². The quantitative estimate of drug-likeness (QED) is 0.644. The van der Waals surface area contributed by atoms with Gasteiger partial charge in [0.05, 0.1) is 23.1 Å². The average Bonchev–Trinajstić information content (AvgIpc) is 2.72. The summed E-state index contributed by atoms with van der Waals surface area (Å²) < 4.78 is 0. The van der Waals surface area contributed by atoms with Gasteiger partial charge in [0, 0.05) is 11.5 Å². The molecule has 6 heteroatoms. The van der Waals surface area contributed by atoms with Crippen LogP contribution in [0.25, 0.3) is 17.0 Å². The number of rotatable bonds is 3. The molecule has 0 aliphatic rings. The second-order valence-corrected chi connectivity index (χ2v) is 3.33. The lowest BCUT2D eigenvalue weighted by atomic mass is 10.2. The van der Waals surface area contributed by atoms with Gasteiger partial charge in [-0.1, -0.05) is 18.2 Å². The van der Waals surface area contributed by atoms with Crippen LogP contribution in [0, 0.1) is 21.4 Å². The molecule has 0 bridgehead atoms. The molecule has 0 unspecified atom stereocenters. The first-order valence-corrected chi connectivity index (χ1v) is 4.89. The predicted octanol–water partition coefficient (Wildman–Crippen LogP) is 2.40. The van der Waals surface area contributed by atoms with Crippen molar-refractivity contribution in [3.8, 4) is 6.07 Å². The highest BCUT2D eigenvalue weighted by Gasteiger charge is 2.15. The highest BCUT2D eigenvalue weighted by molar-refractivity contribution is 5.92. The van der Waals surface area contributed by atoms with Gasteiger partial charge < -0.3 is 0 Å². The Morgan fingerprint density at radius 3 is 3.12 bits per heavy atom. The van der Waals surface area contributed by atoms with Crippen molar-refractivity contribution in [1.82, 2.24) is 10.2 Å². The van der Waals surface area contributed by atoms with Crippen LogP contribution in [0.5, 0.6) is 0 Å². The van der Waals surface area contributed by atoms with Gasteiger partial charge in [-0.25, -0.2) is 0 Å². The zero-order valence-electron chi connectivity index (χ0n) is 8.75. The predicted molar refractivity (Wildman–Crippen MR) is 62.0 cm³/mol. The normalized spacial score (nSPS) is 10.8. The Kier molecular flexibility index (Phi) is 2.83. The Labute approximate surface area is 96.3 Å². The third kappa shape index (κ3) is 1.99. The molecule has 1 heterocycles. The molecular formula is C11H8N4O2.